The Bertz CT molecular complexity index is 159. The fraction of sp³-hybridized carbons (Fsp3) is 0.600. The molecule has 9 heavy (non-hydrogen) atoms. The molecule has 0 amide bonds. The maximum absolute atomic E-state index is 5.52. The summed E-state index contributed by atoms with van der Waals surface area (Å²) in [6.45, 7) is 1.96. The second-order valence-electron chi connectivity index (χ2n) is 2.01. The molecule has 1 aromatic heterocycles. The molecule has 0 aliphatic carbocycles. The molecule has 1 atom stereocenters. The normalized spacial score (nSPS) is 13.6. The van der Waals surface area contributed by atoms with E-state index in [1.54, 1.807) is 16.8 Å². The number of hydrogen-bond acceptors (Lipinski definition) is 4. The lowest BCUT2D eigenvalue weighted by molar-refractivity contribution is 0.726. The zero-order valence-electron chi connectivity index (χ0n) is 5.24. The van der Waals surface area contributed by atoms with Crippen LogP contribution in [0.25, 0.3) is 0 Å². The summed E-state index contributed by atoms with van der Waals surface area (Å²) in [6, 6.07) is 0.193. The minimum absolute atomic E-state index is 0.193. The average molecular weight is 143 g/mol. The molecule has 0 aliphatic rings. The molecule has 0 aromatic carbocycles. The van der Waals surface area contributed by atoms with Crippen molar-refractivity contribution >= 4 is 11.3 Å². The van der Waals surface area contributed by atoms with E-state index in [0.29, 0.717) is 0 Å². The lowest BCUT2D eigenvalue weighted by atomic mass is 10.3. The molecule has 4 heteroatoms. The van der Waals surface area contributed by atoms with Gasteiger partial charge < -0.3 is 5.73 Å². The Kier molecular flexibility index (Phi) is 2.13. The Labute approximate surface area is 57.9 Å². The summed E-state index contributed by atoms with van der Waals surface area (Å²) in [6.07, 6.45) is 0.838. The second-order valence-corrected chi connectivity index (χ2v) is 2.93. The highest BCUT2D eigenvalue weighted by molar-refractivity contribution is 7.09. The minimum Gasteiger partial charge on any atom is -0.328 e. The van der Waals surface area contributed by atoms with E-state index in [0.717, 1.165) is 11.4 Å². The molecule has 0 aliphatic heterocycles. The summed E-state index contributed by atoms with van der Waals surface area (Å²) in [5, 5.41) is 8.55. The van der Waals surface area contributed by atoms with Crippen LogP contribution in [0.15, 0.2) is 5.51 Å². The third kappa shape index (κ3) is 2.07. The highest BCUT2D eigenvalue weighted by Crippen LogP contribution is 2.02. The third-order valence-electron chi connectivity index (χ3n) is 0.902. The summed E-state index contributed by atoms with van der Waals surface area (Å²) < 4.78 is 0. The maximum Gasteiger partial charge on any atom is 0.118 e. The van der Waals surface area contributed by atoms with Crippen LogP contribution in [0.5, 0.6) is 0 Å². The Morgan fingerprint density at radius 1 is 1.89 bits per heavy atom. The summed E-state index contributed by atoms with van der Waals surface area (Å²) >= 11 is 1.55. The van der Waals surface area contributed by atoms with Crippen LogP contribution in [0.4, 0.5) is 0 Å². The first kappa shape index (κ1) is 6.64. The first-order valence-corrected chi connectivity index (χ1v) is 3.67. The number of hydrogen-bond donors (Lipinski definition) is 1. The van der Waals surface area contributed by atoms with Crippen molar-refractivity contribution in [3.05, 3.63) is 10.5 Å². The van der Waals surface area contributed by atoms with Gasteiger partial charge in [-0.1, -0.05) is 0 Å². The lowest BCUT2D eigenvalue weighted by Gasteiger charge is -1.97. The molecule has 1 aromatic rings. The summed E-state index contributed by atoms with van der Waals surface area (Å²) in [5.74, 6) is 0. The van der Waals surface area contributed by atoms with Gasteiger partial charge in [0, 0.05) is 12.5 Å². The second kappa shape index (κ2) is 2.89. The van der Waals surface area contributed by atoms with Crippen LogP contribution in [0.2, 0.25) is 0 Å². The summed E-state index contributed by atoms with van der Waals surface area (Å²) in [5.41, 5.74) is 7.24. The SMILES string of the molecule is CC(N)Cc1nncs1. The molecule has 0 saturated heterocycles. The number of rotatable bonds is 2. The Hall–Kier alpha value is -0.480. The van der Waals surface area contributed by atoms with Gasteiger partial charge in [0.15, 0.2) is 0 Å². The van der Waals surface area contributed by atoms with Crippen molar-refractivity contribution in [2.24, 2.45) is 5.73 Å². The van der Waals surface area contributed by atoms with Gasteiger partial charge in [0.05, 0.1) is 0 Å². The van der Waals surface area contributed by atoms with Gasteiger partial charge in [-0.15, -0.1) is 21.5 Å². The van der Waals surface area contributed by atoms with Crippen molar-refractivity contribution in [2.45, 2.75) is 19.4 Å². The number of nitrogens with zero attached hydrogens (tertiary/aromatic N) is 2. The van der Waals surface area contributed by atoms with Gasteiger partial charge in [0.2, 0.25) is 0 Å². The van der Waals surface area contributed by atoms with Crippen LogP contribution in [0, 0.1) is 0 Å². The molecule has 0 fully saturated rings. The van der Waals surface area contributed by atoms with Crippen molar-refractivity contribution in [1.29, 1.82) is 0 Å². The minimum atomic E-state index is 0.193. The smallest absolute Gasteiger partial charge is 0.118 e. The van der Waals surface area contributed by atoms with E-state index in [1.165, 1.54) is 0 Å². The Morgan fingerprint density at radius 3 is 3.11 bits per heavy atom. The first-order chi connectivity index (χ1) is 4.29. The van der Waals surface area contributed by atoms with Gasteiger partial charge in [-0.3, -0.25) is 0 Å². The van der Waals surface area contributed by atoms with E-state index in [-0.39, 0.29) is 6.04 Å². The molecular formula is C5H9N3S. The topological polar surface area (TPSA) is 51.8 Å². The first-order valence-electron chi connectivity index (χ1n) is 2.79. The monoisotopic (exact) mass is 143 g/mol. The fourth-order valence-electron chi connectivity index (χ4n) is 0.560. The van der Waals surface area contributed by atoms with Crippen molar-refractivity contribution in [3.63, 3.8) is 0 Å². The molecule has 1 unspecified atom stereocenters. The molecule has 0 radical (unpaired) electrons. The van der Waals surface area contributed by atoms with Crippen LogP contribution in [0.1, 0.15) is 11.9 Å². The highest BCUT2D eigenvalue weighted by Gasteiger charge is 1.98. The van der Waals surface area contributed by atoms with Crippen LogP contribution in [-0.2, 0) is 6.42 Å². The average Bonchev–Trinajstić information content (AvgIpc) is 2.15. The number of nitrogens with two attached hydrogens (primary N) is 1. The molecular weight excluding hydrogens is 134 g/mol. The molecule has 0 spiro atoms. The molecule has 0 bridgehead atoms. The summed E-state index contributed by atoms with van der Waals surface area (Å²) in [7, 11) is 0. The zero-order chi connectivity index (χ0) is 6.69. The van der Waals surface area contributed by atoms with Crippen molar-refractivity contribution in [2.75, 3.05) is 0 Å². The van der Waals surface area contributed by atoms with Crippen molar-refractivity contribution in [3.8, 4) is 0 Å². The van der Waals surface area contributed by atoms with E-state index >= 15 is 0 Å². The van der Waals surface area contributed by atoms with Gasteiger partial charge in [-0.25, -0.2) is 0 Å². The van der Waals surface area contributed by atoms with Crippen LogP contribution in [0.3, 0.4) is 0 Å². The van der Waals surface area contributed by atoms with E-state index < -0.39 is 0 Å². The Balaban J connectivity index is 2.48. The van der Waals surface area contributed by atoms with Gasteiger partial charge in [0.1, 0.15) is 10.5 Å². The van der Waals surface area contributed by atoms with Crippen LogP contribution in [-0.4, -0.2) is 16.2 Å². The third-order valence-corrected chi connectivity index (χ3v) is 1.62. The zero-order valence-corrected chi connectivity index (χ0v) is 6.06. The maximum atomic E-state index is 5.52. The molecule has 3 nitrogen and oxygen atoms in total. The standard InChI is InChI=1S/C5H9N3S/c1-4(6)2-5-8-7-3-9-5/h3-4H,2,6H2,1H3. The van der Waals surface area contributed by atoms with Crippen molar-refractivity contribution < 1.29 is 0 Å². The predicted molar refractivity (Wildman–Crippen MR) is 37.3 cm³/mol. The van der Waals surface area contributed by atoms with Crippen LogP contribution >= 0.6 is 11.3 Å². The summed E-state index contributed by atoms with van der Waals surface area (Å²) in [4.78, 5) is 0. The number of aromatic nitrogens is 2. The van der Waals surface area contributed by atoms with E-state index in [1.807, 2.05) is 6.92 Å². The molecule has 2 N–H and O–H groups in total. The molecule has 1 heterocycles. The molecule has 1 rings (SSSR count). The van der Waals surface area contributed by atoms with Crippen LogP contribution < -0.4 is 5.73 Å². The lowest BCUT2D eigenvalue weighted by Crippen LogP contribution is -2.17. The predicted octanol–water partition coefficient (Wildman–Crippen LogP) is 0.428. The van der Waals surface area contributed by atoms with E-state index in [9.17, 15) is 0 Å². The Morgan fingerprint density at radius 2 is 2.67 bits per heavy atom. The van der Waals surface area contributed by atoms with E-state index in [4.69, 9.17) is 5.73 Å². The van der Waals surface area contributed by atoms with Gasteiger partial charge in [-0.2, -0.15) is 0 Å². The molecule has 50 valence electrons. The fourth-order valence-corrected chi connectivity index (χ4v) is 1.23. The largest absolute Gasteiger partial charge is 0.328 e. The van der Waals surface area contributed by atoms with Gasteiger partial charge >= 0.3 is 0 Å². The van der Waals surface area contributed by atoms with Crippen molar-refractivity contribution in [1.82, 2.24) is 10.2 Å². The highest BCUT2D eigenvalue weighted by atomic mass is 32.1. The molecule has 0 saturated carbocycles. The quantitative estimate of drug-likeness (QED) is 0.653. The van der Waals surface area contributed by atoms with E-state index in [2.05, 4.69) is 10.2 Å². The van der Waals surface area contributed by atoms with Gasteiger partial charge in [0.25, 0.3) is 0 Å². The van der Waals surface area contributed by atoms with Gasteiger partial charge in [-0.05, 0) is 6.92 Å².